The molecule has 0 saturated heterocycles. The minimum Gasteiger partial charge on any atom is -0.330 e. The van der Waals surface area contributed by atoms with Crippen LogP contribution in [0.25, 0.3) is 0 Å². The van der Waals surface area contributed by atoms with Crippen LogP contribution in [-0.2, 0) is 4.79 Å². The van der Waals surface area contributed by atoms with E-state index in [1.165, 1.54) is 6.42 Å². The fourth-order valence-corrected chi connectivity index (χ4v) is 2.73. The Bertz CT molecular complexity index is 405. The van der Waals surface area contributed by atoms with Gasteiger partial charge in [-0.3, -0.25) is 4.79 Å². The van der Waals surface area contributed by atoms with Crippen LogP contribution in [0.4, 0.5) is 5.69 Å². The lowest BCUT2D eigenvalue weighted by atomic mass is 9.78. The molecule has 98 valence electrons. The van der Waals surface area contributed by atoms with Gasteiger partial charge in [0.1, 0.15) is 0 Å². The van der Waals surface area contributed by atoms with Crippen LogP contribution in [0.15, 0.2) is 24.3 Å². The van der Waals surface area contributed by atoms with Gasteiger partial charge in [0.05, 0.1) is 0 Å². The van der Waals surface area contributed by atoms with E-state index < -0.39 is 0 Å². The molecule has 1 aromatic carbocycles. The van der Waals surface area contributed by atoms with Gasteiger partial charge in [-0.1, -0.05) is 24.4 Å². The van der Waals surface area contributed by atoms with E-state index in [-0.39, 0.29) is 11.8 Å². The molecule has 2 atom stereocenters. The van der Waals surface area contributed by atoms with Gasteiger partial charge in [-0.25, -0.2) is 0 Å². The van der Waals surface area contributed by atoms with Crippen LogP contribution in [-0.4, -0.2) is 12.5 Å². The molecule has 2 rings (SSSR count). The molecule has 1 aromatic rings. The van der Waals surface area contributed by atoms with Gasteiger partial charge in [-0.2, -0.15) is 0 Å². The predicted octanol–water partition coefficient (Wildman–Crippen LogP) is 3.04. The number of carbonyl (C=O) groups excluding carboxylic acids is 1. The fraction of sp³-hybridized carbons (Fsp3) is 0.500. The molecule has 3 nitrogen and oxygen atoms in total. The monoisotopic (exact) mass is 266 g/mol. The summed E-state index contributed by atoms with van der Waals surface area (Å²) in [5.41, 5.74) is 6.54. The molecule has 0 spiro atoms. The van der Waals surface area contributed by atoms with E-state index in [1.54, 1.807) is 12.1 Å². The van der Waals surface area contributed by atoms with Gasteiger partial charge >= 0.3 is 0 Å². The second kappa shape index (κ2) is 6.21. The molecule has 4 heteroatoms. The Labute approximate surface area is 113 Å². The van der Waals surface area contributed by atoms with Crippen molar-refractivity contribution in [2.45, 2.75) is 25.7 Å². The van der Waals surface area contributed by atoms with Crippen LogP contribution in [0.5, 0.6) is 0 Å². The summed E-state index contributed by atoms with van der Waals surface area (Å²) < 4.78 is 0. The number of nitrogens with one attached hydrogen (secondary N) is 1. The number of amides is 1. The molecule has 1 saturated carbocycles. The van der Waals surface area contributed by atoms with Crippen molar-refractivity contribution in [2.75, 3.05) is 11.9 Å². The lowest BCUT2D eigenvalue weighted by Crippen LogP contribution is -2.35. The Morgan fingerprint density at radius 3 is 2.61 bits per heavy atom. The molecule has 3 N–H and O–H groups in total. The Morgan fingerprint density at radius 1 is 1.28 bits per heavy atom. The van der Waals surface area contributed by atoms with Gasteiger partial charge in [0.2, 0.25) is 5.91 Å². The summed E-state index contributed by atoms with van der Waals surface area (Å²) in [4.78, 5) is 12.2. The molecule has 0 bridgehead atoms. The number of carbonyl (C=O) groups is 1. The van der Waals surface area contributed by atoms with E-state index in [2.05, 4.69) is 5.32 Å². The molecular weight excluding hydrogens is 248 g/mol. The number of nitrogens with two attached hydrogens (primary N) is 1. The van der Waals surface area contributed by atoms with Crippen molar-refractivity contribution in [3.63, 3.8) is 0 Å². The zero-order valence-corrected chi connectivity index (χ0v) is 11.1. The number of hydrogen-bond donors (Lipinski definition) is 2. The van der Waals surface area contributed by atoms with Gasteiger partial charge < -0.3 is 11.1 Å². The first-order valence-electron chi connectivity index (χ1n) is 6.47. The summed E-state index contributed by atoms with van der Waals surface area (Å²) in [5, 5.41) is 3.62. The normalized spacial score (nSPS) is 23.7. The molecule has 1 amide bonds. The summed E-state index contributed by atoms with van der Waals surface area (Å²) in [5.74, 6) is 0.470. The predicted molar refractivity (Wildman–Crippen MR) is 74.6 cm³/mol. The van der Waals surface area contributed by atoms with E-state index in [1.807, 2.05) is 12.1 Å². The standard InChI is InChI=1S/C14H19ClN2O/c15-11-5-7-12(8-6-11)17-14(18)13-4-2-1-3-10(13)9-16/h5-8,10,13H,1-4,9,16H2,(H,17,18). The molecule has 0 aromatic heterocycles. The third kappa shape index (κ3) is 3.24. The van der Waals surface area contributed by atoms with Crippen LogP contribution in [0, 0.1) is 11.8 Å². The number of halogens is 1. The highest BCUT2D eigenvalue weighted by molar-refractivity contribution is 6.30. The Balaban J connectivity index is 2.00. The zero-order chi connectivity index (χ0) is 13.0. The first-order valence-corrected chi connectivity index (χ1v) is 6.85. The molecule has 0 radical (unpaired) electrons. The molecule has 0 aliphatic heterocycles. The van der Waals surface area contributed by atoms with E-state index in [4.69, 9.17) is 17.3 Å². The summed E-state index contributed by atoms with van der Waals surface area (Å²) in [6, 6.07) is 7.19. The molecule has 18 heavy (non-hydrogen) atoms. The van der Waals surface area contributed by atoms with Crippen molar-refractivity contribution in [2.24, 2.45) is 17.6 Å². The Morgan fingerprint density at radius 2 is 1.94 bits per heavy atom. The van der Waals surface area contributed by atoms with Crippen LogP contribution in [0.2, 0.25) is 5.02 Å². The van der Waals surface area contributed by atoms with E-state index >= 15 is 0 Å². The highest BCUT2D eigenvalue weighted by atomic mass is 35.5. The fourth-order valence-electron chi connectivity index (χ4n) is 2.60. The SMILES string of the molecule is NCC1CCCCC1C(=O)Nc1ccc(Cl)cc1. The summed E-state index contributed by atoms with van der Waals surface area (Å²) >= 11 is 5.81. The van der Waals surface area contributed by atoms with E-state index in [0.29, 0.717) is 17.5 Å². The summed E-state index contributed by atoms with van der Waals surface area (Å²) in [6.45, 7) is 0.596. The topological polar surface area (TPSA) is 55.1 Å². The van der Waals surface area contributed by atoms with Gasteiger partial charge in [0.25, 0.3) is 0 Å². The summed E-state index contributed by atoms with van der Waals surface area (Å²) in [7, 11) is 0. The maximum Gasteiger partial charge on any atom is 0.227 e. The quantitative estimate of drug-likeness (QED) is 0.884. The van der Waals surface area contributed by atoms with Crippen molar-refractivity contribution >= 4 is 23.2 Å². The number of anilines is 1. The molecule has 2 unspecified atom stereocenters. The Hall–Kier alpha value is -1.06. The second-order valence-corrected chi connectivity index (χ2v) is 5.32. The highest BCUT2D eigenvalue weighted by Crippen LogP contribution is 2.30. The van der Waals surface area contributed by atoms with Gasteiger partial charge in [0, 0.05) is 16.6 Å². The first kappa shape index (κ1) is 13.4. The second-order valence-electron chi connectivity index (χ2n) is 4.88. The Kier molecular flexibility index (Phi) is 4.61. The number of benzene rings is 1. The van der Waals surface area contributed by atoms with Crippen molar-refractivity contribution in [3.05, 3.63) is 29.3 Å². The first-order chi connectivity index (χ1) is 8.70. The maximum atomic E-state index is 12.2. The van der Waals surface area contributed by atoms with E-state index in [0.717, 1.165) is 24.9 Å². The molecule has 1 aliphatic rings. The lowest BCUT2D eigenvalue weighted by Gasteiger charge is -2.29. The largest absolute Gasteiger partial charge is 0.330 e. The maximum absolute atomic E-state index is 12.2. The lowest BCUT2D eigenvalue weighted by molar-refractivity contribution is -0.122. The van der Waals surface area contributed by atoms with Crippen molar-refractivity contribution in [1.29, 1.82) is 0 Å². The highest BCUT2D eigenvalue weighted by Gasteiger charge is 2.29. The third-order valence-corrected chi connectivity index (χ3v) is 3.91. The van der Waals surface area contributed by atoms with Crippen molar-refractivity contribution in [3.8, 4) is 0 Å². The number of hydrogen-bond acceptors (Lipinski definition) is 2. The minimum atomic E-state index is 0.0550. The van der Waals surface area contributed by atoms with Crippen LogP contribution in [0.3, 0.4) is 0 Å². The average Bonchev–Trinajstić information content (AvgIpc) is 2.41. The third-order valence-electron chi connectivity index (χ3n) is 3.66. The molecule has 1 fully saturated rings. The van der Waals surface area contributed by atoms with Gasteiger partial charge in [0.15, 0.2) is 0 Å². The van der Waals surface area contributed by atoms with Gasteiger partial charge in [-0.15, -0.1) is 0 Å². The summed E-state index contributed by atoms with van der Waals surface area (Å²) in [6.07, 6.45) is 4.32. The van der Waals surface area contributed by atoms with E-state index in [9.17, 15) is 4.79 Å². The molecular formula is C14H19ClN2O. The molecule has 1 aliphatic carbocycles. The van der Waals surface area contributed by atoms with Crippen molar-refractivity contribution in [1.82, 2.24) is 0 Å². The smallest absolute Gasteiger partial charge is 0.227 e. The van der Waals surface area contributed by atoms with Gasteiger partial charge in [-0.05, 0) is 49.6 Å². The van der Waals surface area contributed by atoms with Crippen LogP contribution < -0.4 is 11.1 Å². The molecule has 0 heterocycles. The average molecular weight is 267 g/mol. The number of rotatable bonds is 3. The zero-order valence-electron chi connectivity index (χ0n) is 10.4. The minimum absolute atomic E-state index is 0.0550. The van der Waals surface area contributed by atoms with Crippen LogP contribution >= 0.6 is 11.6 Å². The van der Waals surface area contributed by atoms with Crippen LogP contribution in [0.1, 0.15) is 25.7 Å². The van der Waals surface area contributed by atoms with Crippen molar-refractivity contribution < 1.29 is 4.79 Å².